The van der Waals surface area contributed by atoms with E-state index in [1.165, 1.54) is 0 Å². The van der Waals surface area contributed by atoms with E-state index in [0.717, 1.165) is 29.8 Å². The normalized spacial score (nSPS) is 19.4. The Balaban J connectivity index is 2.28. The highest BCUT2D eigenvalue weighted by Gasteiger charge is 2.22. The van der Waals surface area contributed by atoms with Crippen LogP contribution in [0.15, 0.2) is 22.7 Å². The van der Waals surface area contributed by atoms with Gasteiger partial charge in [0.05, 0.1) is 23.9 Å². The fraction of sp³-hybridized carbons (Fsp3) is 0.417. The predicted molar refractivity (Wildman–Crippen MR) is 66.5 cm³/mol. The Morgan fingerprint density at radius 2 is 2.38 bits per heavy atom. The summed E-state index contributed by atoms with van der Waals surface area (Å²) in [6.45, 7) is 1.56. The summed E-state index contributed by atoms with van der Waals surface area (Å²) in [4.78, 5) is 2.14. The molecule has 1 saturated heterocycles. The van der Waals surface area contributed by atoms with Crippen LogP contribution in [0.25, 0.3) is 0 Å². The summed E-state index contributed by atoms with van der Waals surface area (Å²) in [6, 6.07) is 8.39. The molecule has 1 heterocycles. The number of benzene rings is 1. The highest BCUT2D eigenvalue weighted by atomic mass is 79.9. The summed E-state index contributed by atoms with van der Waals surface area (Å²) >= 11 is 3.38. The maximum atomic E-state index is 9.11. The summed E-state index contributed by atoms with van der Waals surface area (Å²) in [7, 11) is 2.02. The van der Waals surface area contributed by atoms with Crippen molar-refractivity contribution in [3.8, 4) is 6.07 Å². The molecule has 2 rings (SSSR count). The first kappa shape index (κ1) is 11.4. The third-order valence-corrected chi connectivity index (χ3v) is 3.41. The van der Waals surface area contributed by atoms with Crippen LogP contribution in [-0.4, -0.2) is 26.3 Å². The first-order valence-electron chi connectivity index (χ1n) is 5.22. The van der Waals surface area contributed by atoms with Crippen LogP contribution in [0.3, 0.4) is 0 Å². The molecule has 1 fully saturated rings. The van der Waals surface area contributed by atoms with E-state index in [1.54, 1.807) is 0 Å². The van der Waals surface area contributed by atoms with Crippen molar-refractivity contribution in [2.24, 2.45) is 0 Å². The largest absolute Gasteiger partial charge is 0.379 e. The van der Waals surface area contributed by atoms with Crippen molar-refractivity contribution < 1.29 is 4.74 Å². The number of hydrogen-bond acceptors (Lipinski definition) is 3. The summed E-state index contributed by atoms with van der Waals surface area (Å²) < 4.78 is 6.30. The van der Waals surface area contributed by atoms with E-state index in [0.29, 0.717) is 11.6 Å². The molecule has 4 heteroatoms. The van der Waals surface area contributed by atoms with Gasteiger partial charge in [-0.25, -0.2) is 0 Å². The molecule has 0 radical (unpaired) electrons. The molecule has 1 atom stereocenters. The molecule has 1 aromatic carbocycles. The Morgan fingerprint density at radius 1 is 1.56 bits per heavy atom. The van der Waals surface area contributed by atoms with Crippen molar-refractivity contribution >= 4 is 21.6 Å². The van der Waals surface area contributed by atoms with Crippen LogP contribution in [0.1, 0.15) is 12.0 Å². The van der Waals surface area contributed by atoms with Crippen LogP contribution in [0.5, 0.6) is 0 Å². The van der Waals surface area contributed by atoms with Crippen LogP contribution in [-0.2, 0) is 4.74 Å². The Kier molecular flexibility index (Phi) is 3.47. The second-order valence-corrected chi connectivity index (χ2v) is 4.82. The molecule has 0 amide bonds. The number of likely N-dealkylation sites (N-methyl/N-ethyl adjacent to an activating group) is 1. The third kappa shape index (κ3) is 2.21. The van der Waals surface area contributed by atoms with Gasteiger partial charge in [-0.15, -0.1) is 0 Å². The minimum absolute atomic E-state index is 0.383. The Hall–Kier alpha value is -1.05. The molecule has 0 bridgehead atoms. The van der Waals surface area contributed by atoms with E-state index in [9.17, 15) is 0 Å². The Bertz CT molecular complexity index is 422. The van der Waals surface area contributed by atoms with E-state index in [4.69, 9.17) is 10.00 Å². The topological polar surface area (TPSA) is 36.3 Å². The van der Waals surface area contributed by atoms with Gasteiger partial charge in [0.25, 0.3) is 0 Å². The number of nitrogens with zero attached hydrogens (tertiary/aromatic N) is 2. The fourth-order valence-electron chi connectivity index (χ4n) is 1.93. The molecule has 1 aliphatic rings. The minimum atomic E-state index is 0.383. The van der Waals surface area contributed by atoms with Gasteiger partial charge in [-0.05, 0) is 24.6 Å². The summed E-state index contributed by atoms with van der Waals surface area (Å²) in [5.74, 6) is 0. The third-order valence-electron chi connectivity index (χ3n) is 2.91. The van der Waals surface area contributed by atoms with E-state index in [-0.39, 0.29) is 0 Å². The van der Waals surface area contributed by atoms with Gasteiger partial charge >= 0.3 is 0 Å². The number of hydrogen-bond donors (Lipinski definition) is 0. The molecule has 0 N–H and O–H groups in total. The molecule has 1 aliphatic heterocycles. The molecule has 1 unspecified atom stereocenters. The number of rotatable bonds is 2. The molecule has 0 saturated carbocycles. The average molecular weight is 281 g/mol. The van der Waals surface area contributed by atoms with Gasteiger partial charge in [0.1, 0.15) is 6.07 Å². The number of nitriles is 1. The molecule has 84 valence electrons. The number of anilines is 1. The molecular weight excluding hydrogens is 268 g/mol. The quantitative estimate of drug-likeness (QED) is 0.835. The first-order chi connectivity index (χ1) is 7.72. The summed E-state index contributed by atoms with van der Waals surface area (Å²) in [5.41, 5.74) is 1.67. The van der Waals surface area contributed by atoms with E-state index in [1.807, 2.05) is 25.2 Å². The maximum Gasteiger partial charge on any atom is 0.101 e. The number of ether oxygens (including phenoxy) is 1. The summed E-state index contributed by atoms with van der Waals surface area (Å²) in [5, 5.41) is 9.11. The fourth-order valence-corrected chi connectivity index (χ4v) is 2.29. The standard InChI is InChI=1S/C12H13BrN2O/c1-15(11-4-5-16-8-11)12-3-2-10(13)6-9(12)7-14/h2-3,6,11H,4-5,8H2,1H3. The van der Waals surface area contributed by atoms with Crippen LogP contribution in [0.2, 0.25) is 0 Å². The van der Waals surface area contributed by atoms with E-state index < -0.39 is 0 Å². The van der Waals surface area contributed by atoms with Crippen molar-refractivity contribution in [2.75, 3.05) is 25.2 Å². The van der Waals surface area contributed by atoms with Crippen LogP contribution >= 0.6 is 15.9 Å². The van der Waals surface area contributed by atoms with Gasteiger partial charge in [0.2, 0.25) is 0 Å². The molecule has 16 heavy (non-hydrogen) atoms. The smallest absolute Gasteiger partial charge is 0.101 e. The predicted octanol–water partition coefficient (Wildman–Crippen LogP) is 2.55. The lowest BCUT2D eigenvalue weighted by atomic mass is 10.1. The maximum absolute atomic E-state index is 9.11. The van der Waals surface area contributed by atoms with Gasteiger partial charge in [0.15, 0.2) is 0 Å². The lowest BCUT2D eigenvalue weighted by molar-refractivity contribution is 0.193. The van der Waals surface area contributed by atoms with Crippen molar-refractivity contribution in [1.82, 2.24) is 0 Å². The second kappa shape index (κ2) is 4.86. The zero-order valence-electron chi connectivity index (χ0n) is 9.11. The van der Waals surface area contributed by atoms with Gasteiger partial charge in [-0.1, -0.05) is 15.9 Å². The molecule has 0 spiro atoms. The van der Waals surface area contributed by atoms with Crippen LogP contribution in [0.4, 0.5) is 5.69 Å². The van der Waals surface area contributed by atoms with Gasteiger partial charge in [-0.2, -0.15) is 5.26 Å². The van der Waals surface area contributed by atoms with Gasteiger partial charge in [-0.3, -0.25) is 0 Å². The molecule has 1 aromatic rings. The zero-order chi connectivity index (χ0) is 11.5. The minimum Gasteiger partial charge on any atom is -0.379 e. The first-order valence-corrected chi connectivity index (χ1v) is 6.02. The Morgan fingerprint density at radius 3 is 3.00 bits per heavy atom. The van der Waals surface area contributed by atoms with Crippen molar-refractivity contribution in [2.45, 2.75) is 12.5 Å². The molecule has 0 aliphatic carbocycles. The number of halogens is 1. The average Bonchev–Trinajstić information content (AvgIpc) is 2.81. The van der Waals surface area contributed by atoms with Crippen LogP contribution in [0, 0.1) is 11.3 Å². The van der Waals surface area contributed by atoms with Crippen molar-refractivity contribution in [3.63, 3.8) is 0 Å². The lowest BCUT2D eigenvalue weighted by Crippen LogP contribution is -2.32. The lowest BCUT2D eigenvalue weighted by Gasteiger charge is -2.26. The van der Waals surface area contributed by atoms with Crippen molar-refractivity contribution in [3.05, 3.63) is 28.2 Å². The highest BCUT2D eigenvalue weighted by Crippen LogP contribution is 2.26. The Labute approximate surface area is 104 Å². The van der Waals surface area contributed by atoms with E-state index in [2.05, 4.69) is 26.9 Å². The van der Waals surface area contributed by atoms with Gasteiger partial charge in [0, 0.05) is 18.1 Å². The molecular formula is C12H13BrN2O. The van der Waals surface area contributed by atoms with E-state index >= 15 is 0 Å². The second-order valence-electron chi connectivity index (χ2n) is 3.90. The SMILES string of the molecule is CN(c1ccc(Br)cc1C#N)C1CCOC1. The van der Waals surface area contributed by atoms with Crippen molar-refractivity contribution in [1.29, 1.82) is 5.26 Å². The monoisotopic (exact) mass is 280 g/mol. The van der Waals surface area contributed by atoms with Gasteiger partial charge < -0.3 is 9.64 Å². The van der Waals surface area contributed by atoms with Crippen LogP contribution < -0.4 is 4.90 Å². The highest BCUT2D eigenvalue weighted by molar-refractivity contribution is 9.10. The zero-order valence-corrected chi connectivity index (χ0v) is 10.7. The summed E-state index contributed by atoms with van der Waals surface area (Å²) in [6.07, 6.45) is 1.03. The molecule has 0 aromatic heterocycles. The molecule has 3 nitrogen and oxygen atoms in total.